The van der Waals surface area contributed by atoms with Gasteiger partial charge in [-0.1, -0.05) is 12.1 Å². The lowest BCUT2D eigenvalue weighted by atomic mass is 10.3. The molecule has 1 atom stereocenters. The van der Waals surface area contributed by atoms with Gasteiger partial charge in [0.05, 0.1) is 12.8 Å². The molecule has 12 heavy (non-hydrogen) atoms. The maximum absolute atomic E-state index is 10.9. The van der Waals surface area contributed by atoms with E-state index in [-0.39, 0.29) is 5.97 Å². The molecule has 0 aromatic heterocycles. The first-order chi connectivity index (χ1) is 5.61. The Morgan fingerprint density at radius 2 is 2.08 bits per heavy atom. The molecule has 70 valence electrons. The number of ether oxygens (including phenoxy) is 1. The lowest BCUT2D eigenvalue weighted by Crippen LogP contribution is -2.23. The summed E-state index contributed by atoms with van der Waals surface area (Å²) in [6.45, 7) is 5.43. The van der Waals surface area contributed by atoms with Gasteiger partial charge in [0.25, 0.3) is 0 Å². The summed E-state index contributed by atoms with van der Waals surface area (Å²) in [5.74, 6) is -0.387. The van der Waals surface area contributed by atoms with Gasteiger partial charge in [0.15, 0.2) is 0 Å². The van der Waals surface area contributed by atoms with Crippen molar-refractivity contribution in [3.63, 3.8) is 0 Å². The summed E-state index contributed by atoms with van der Waals surface area (Å²) in [4.78, 5) is 15.9. The second-order valence-corrected chi connectivity index (χ2v) is 2.56. The molecule has 0 saturated heterocycles. The van der Waals surface area contributed by atoms with E-state index in [0.717, 1.165) is 5.71 Å². The van der Waals surface area contributed by atoms with Crippen LogP contribution in [0.1, 0.15) is 27.2 Å². The van der Waals surface area contributed by atoms with Crippen molar-refractivity contribution in [2.45, 2.75) is 33.3 Å². The van der Waals surface area contributed by atoms with Crippen molar-refractivity contribution in [1.29, 1.82) is 0 Å². The molecule has 0 saturated carbocycles. The molecule has 0 aliphatic heterocycles. The molecule has 0 heterocycles. The molecule has 4 heteroatoms. The minimum atomic E-state index is -0.579. The van der Waals surface area contributed by atoms with Crippen molar-refractivity contribution in [3.05, 3.63) is 0 Å². The largest absolute Gasteiger partial charge is 0.466 e. The molecular formula is C8H15NO3. The molecule has 1 unspecified atom stereocenters. The van der Waals surface area contributed by atoms with Gasteiger partial charge in [0, 0.05) is 0 Å². The number of carbonyl (C=O) groups excluding carboxylic acids is 1. The van der Waals surface area contributed by atoms with Crippen LogP contribution in [-0.4, -0.2) is 24.9 Å². The molecule has 0 aromatic rings. The van der Waals surface area contributed by atoms with Gasteiger partial charge in [-0.3, -0.25) is 0 Å². The van der Waals surface area contributed by atoms with Crippen molar-refractivity contribution < 1.29 is 14.4 Å². The quantitative estimate of drug-likeness (QED) is 0.366. The zero-order valence-electron chi connectivity index (χ0n) is 7.96. The van der Waals surface area contributed by atoms with E-state index in [9.17, 15) is 4.79 Å². The van der Waals surface area contributed by atoms with E-state index in [1.165, 1.54) is 7.11 Å². The Labute approximate surface area is 72.5 Å². The van der Waals surface area contributed by atoms with Crippen LogP contribution in [0, 0.1) is 0 Å². The van der Waals surface area contributed by atoms with Gasteiger partial charge < -0.3 is 9.57 Å². The highest BCUT2D eigenvalue weighted by molar-refractivity contribution is 5.79. The summed E-state index contributed by atoms with van der Waals surface area (Å²) >= 11 is 0. The van der Waals surface area contributed by atoms with Crippen LogP contribution in [0.3, 0.4) is 0 Å². The standard InChI is InChI=1S/C8H15NO3/c1-5-7(8(10)11-4)12-9-6(2)3/h7H,5H2,1-4H3. The average molecular weight is 173 g/mol. The highest BCUT2D eigenvalue weighted by atomic mass is 16.7. The van der Waals surface area contributed by atoms with Crippen molar-refractivity contribution in [2.24, 2.45) is 5.16 Å². The second kappa shape index (κ2) is 5.57. The van der Waals surface area contributed by atoms with Gasteiger partial charge in [-0.25, -0.2) is 4.79 Å². The van der Waals surface area contributed by atoms with Gasteiger partial charge in [-0.2, -0.15) is 0 Å². The maximum Gasteiger partial charge on any atom is 0.349 e. The Hall–Kier alpha value is -1.06. The monoisotopic (exact) mass is 173 g/mol. The molecule has 0 aromatic carbocycles. The first-order valence-electron chi connectivity index (χ1n) is 3.86. The number of methoxy groups -OCH3 is 1. The van der Waals surface area contributed by atoms with Crippen molar-refractivity contribution in [1.82, 2.24) is 0 Å². The molecule has 4 nitrogen and oxygen atoms in total. The topological polar surface area (TPSA) is 47.9 Å². The third kappa shape index (κ3) is 3.95. The first-order valence-corrected chi connectivity index (χ1v) is 3.86. The predicted molar refractivity (Wildman–Crippen MR) is 46.0 cm³/mol. The van der Waals surface area contributed by atoms with E-state index in [4.69, 9.17) is 4.84 Å². The fourth-order valence-electron chi connectivity index (χ4n) is 0.585. The van der Waals surface area contributed by atoms with Crippen LogP contribution in [0.15, 0.2) is 5.16 Å². The Morgan fingerprint density at radius 1 is 1.50 bits per heavy atom. The fraction of sp³-hybridized carbons (Fsp3) is 0.750. The van der Waals surface area contributed by atoms with Gasteiger partial charge in [-0.15, -0.1) is 0 Å². The molecule has 0 rings (SSSR count). The van der Waals surface area contributed by atoms with Crippen LogP contribution in [0.4, 0.5) is 0 Å². The van der Waals surface area contributed by atoms with Crippen LogP contribution in [-0.2, 0) is 14.4 Å². The lowest BCUT2D eigenvalue weighted by Gasteiger charge is -2.09. The molecule has 0 aliphatic carbocycles. The summed E-state index contributed by atoms with van der Waals surface area (Å²) in [5, 5.41) is 3.68. The summed E-state index contributed by atoms with van der Waals surface area (Å²) in [6, 6.07) is 0. The van der Waals surface area contributed by atoms with Crippen LogP contribution in [0.5, 0.6) is 0 Å². The fourth-order valence-corrected chi connectivity index (χ4v) is 0.585. The SMILES string of the molecule is CCC(ON=C(C)C)C(=O)OC. The summed E-state index contributed by atoms with van der Waals surface area (Å²) in [6.07, 6.45) is -0.0198. The van der Waals surface area contributed by atoms with Crippen molar-refractivity contribution >= 4 is 11.7 Å². The maximum atomic E-state index is 10.9. The molecule has 0 fully saturated rings. The number of hydrogen-bond donors (Lipinski definition) is 0. The van der Waals surface area contributed by atoms with Gasteiger partial charge >= 0.3 is 5.97 Å². The third-order valence-corrected chi connectivity index (χ3v) is 1.20. The summed E-state index contributed by atoms with van der Waals surface area (Å²) in [7, 11) is 1.33. The second-order valence-electron chi connectivity index (χ2n) is 2.56. The first kappa shape index (κ1) is 10.9. The van der Waals surface area contributed by atoms with Gasteiger partial charge in [0.2, 0.25) is 6.10 Å². The summed E-state index contributed by atoms with van der Waals surface area (Å²) < 4.78 is 4.50. The van der Waals surface area contributed by atoms with Crippen LogP contribution < -0.4 is 0 Å². The van der Waals surface area contributed by atoms with Crippen LogP contribution >= 0.6 is 0 Å². The predicted octanol–water partition coefficient (Wildman–Crippen LogP) is 1.35. The number of nitrogens with zero attached hydrogens (tertiary/aromatic N) is 1. The zero-order valence-corrected chi connectivity index (χ0v) is 7.96. The van der Waals surface area contributed by atoms with E-state index in [0.29, 0.717) is 6.42 Å². The molecule has 0 N–H and O–H groups in total. The van der Waals surface area contributed by atoms with E-state index in [1.807, 2.05) is 6.92 Å². The molecule has 0 spiro atoms. The number of carbonyl (C=O) groups is 1. The van der Waals surface area contributed by atoms with Crippen molar-refractivity contribution in [2.75, 3.05) is 7.11 Å². The Balaban J connectivity index is 4.00. The van der Waals surface area contributed by atoms with Gasteiger partial charge in [-0.05, 0) is 20.3 Å². The van der Waals surface area contributed by atoms with Crippen molar-refractivity contribution in [3.8, 4) is 0 Å². The molecule has 0 aliphatic rings. The molecule has 0 radical (unpaired) electrons. The number of esters is 1. The Morgan fingerprint density at radius 3 is 2.42 bits per heavy atom. The Kier molecular flexibility index (Phi) is 5.08. The minimum Gasteiger partial charge on any atom is -0.466 e. The number of oxime groups is 1. The normalized spacial score (nSPS) is 11.7. The highest BCUT2D eigenvalue weighted by Gasteiger charge is 2.17. The average Bonchev–Trinajstić information content (AvgIpc) is 2.04. The minimum absolute atomic E-state index is 0.387. The smallest absolute Gasteiger partial charge is 0.349 e. The van der Waals surface area contributed by atoms with E-state index < -0.39 is 6.10 Å². The zero-order chi connectivity index (χ0) is 9.56. The molecule has 0 bridgehead atoms. The van der Waals surface area contributed by atoms with E-state index in [1.54, 1.807) is 13.8 Å². The number of rotatable bonds is 4. The van der Waals surface area contributed by atoms with Crippen LogP contribution in [0.2, 0.25) is 0 Å². The van der Waals surface area contributed by atoms with Gasteiger partial charge in [0.1, 0.15) is 0 Å². The van der Waals surface area contributed by atoms with E-state index in [2.05, 4.69) is 9.89 Å². The highest BCUT2D eigenvalue weighted by Crippen LogP contribution is 2.00. The van der Waals surface area contributed by atoms with E-state index >= 15 is 0 Å². The van der Waals surface area contributed by atoms with Crippen LogP contribution in [0.25, 0.3) is 0 Å². The molecular weight excluding hydrogens is 158 g/mol. The molecule has 0 amide bonds. The number of hydrogen-bond acceptors (Lipinski definition) is 4. The third-order valence-electron chi connectivity index (χ3n) is 1.20. The summed E-state index contributed by atoms with van der Waals surface area (Å²) in [5.41, 5.74) is 0.775. The Bertz CT molecular complexity index is 173. The lowest BCUT2D eigenvalue weighted by molar-refractivity contribution is -0.154.